The van der Waals surface area contributed by atoms with E-state index >= 15 is 0 Å². The van der Waals surface area contributed by atoms with E-state index in [0.717, 1.165) is 0 Å². The molecule has 16 nitrogen and oxygen atoms in total. The van der Waals surface area contributed by atoms with Crippen LogP contribution in [0.1, 0.15) is 69.1 Å². The quantitative estimate of drug-likeness (QED) is 0.117. The van der Waals surface area contributed by atoms with Crippen LogP contribution in [0.5, 0.6) is 28.7 Å². The summed E-state index contributed by atoms with van der Waals surface area (Å²) < 4.78 is 23.7. The fourth-order valence-electron chi connectivity index (χ4n) is 8.47. The molecule has 12 N–H and O–H groups in total. The molecule has 0 unspecified atom stereocenters. The van der Waals surface area contributed by atoms with Gasteiger partial charge in [0.15, 0.2) is 0 Å². The van der Waals surface area contributed by atoms with E-state index in [0.29, 0.717) is 22.3 Å². The number of aliphatic hydroxyl groups excluding tert-OH is 9. The Morgan fingerprint density at radius 1 is 0.518 bits per heavy atom. The molecule has 0 saturated carbocycles. The summed E-state index contributed by atoms with van der Waals surface area (Å²) in [5.74, 6) is -1.97. The third-order valence-electron chi connectivity index (χ3n) is 11.3. The van der Waals surface area contributed by atoms with Crippen LogP contribution in [0.4, 0.5) is 0 Å². The highest BCUT2D eigenvalue weighted by molar-refractivity contribution is 5.64. The Labute approximate surface area is 318 Å². The first-order chi connectivity index (χ1) is 26.8. The van der Waals surface area contributed by atoms with Gasteiger partial charge >= 0.3 is 0 Å². The van der Waals surface area contributed by atoms with Crippen molar-refractivity contribution in [1.82, 2.24) is 0 Å². The van der Waals surface area contributed by atoms with E-state index in [9.17, 15) is 61.3 Å². The van der Waals surface area contributed by atoms with Gasteiger partial charge in [-0.1, -0.05) is 30.3 Å². The number of hydrogen-bond donors (Lipinski definition) is 12. The normalized spacial score (nSPS) is 34.9. The van der Waals surface area contributed by atoms with Gasteiger partial charge in [-0.25, -0.2) is 0 Å². The first-order valence-electron chi connectivity index (χ1n) is 18.1. The number of rotatable bonds is 7. The summed E-state index contributed by atoms with van der Waals surface area (Å²) in [6, 6.07) is 18.2. The van der Waals surface area contributed by atoms with Crippen molar-refractivity contribution in [3.05, 3.63) is 112 Å². The van der Waals surface area contributed by atoms with Gasteiger partial charge < -0.3 is 80.2 Å². The molecule has 298 valence electrons. The molecule has 0 amide bonds. The first-order valence-corrected chi connectivity index (χ1v) is 18.1. The predicted molar refractivity (Wildman–Crippen MR) is 190 cm³/mol. The average Bonchev–Trinajstić information content (AvgIpc) is 3.52. The smallest absolute Gasteiger partial charge is 0.229 e. The molecule has 8 rings (SSSR count). The largest absolute Gasteiger partial charge is 0.508 e. The summed E-state index contributed by atoms with van der Waals surface area (Å²) >= 11 is 0. The van der Waals surface area contributed by atoms with Crippen molar-refractivity contribution < 1.29 is 80.2 Å². The van der Waals surface area contributed by atoms with Crippen molar-refractivity contribution in [3.8, 4) is 28.7 Å². The van der Waals surface area contributed by atoms with Gasteiger partial charge in [0.1, 0.15) is 89.8 Å². The third kappa shape index (κ3) is 6.32. The highest BCUT2D eigenvalue weighted by atomic mass is 16.7. The average molecular weight is 779 g/mol. The fraction of sp³-hybridized carbons (Fsp3) is 0.400. The minimum atomic E-state index is -1.71. The Morgan fingerprint density at radius 3 is 1.80 bits per heavy atom. The van der Waals surface area contributed by atoms with Gasteiger partial charge in [0, 0.05) is 23.1 Å². The van der Waals surface area contributed by atoms with Crippen molar-refractivity contribution in [2.45, 2.75) is 85.3 Å². The van der Waals surface area contributed by atoms with Gasteiger partial charge in [0.25, 0.3) is 0 Å². The summed E-state index contributed by atoms with van der Waals surface area (Å²) in [6.07, 6.45) is -17.4. The van der Waals surface area contributed by atoms with E-state index in [1.165, 1.54) is 42.5 Å². The molecule has 16 heteroatoms. The molecule has 1 aliphatic carbocycles. The molecule has 0 bridgehead atoms. The van der Waals surface area contributed by atoms with Gasteiger partial charge in [-0.15, -0.1) is 0 Å². The molecule has 3 aliphatic heterocycles. The summed E-state index contributed by atoms with van der Waals surface area (Å²) in [6.45, 7) is -1.32. The molecular formula is C40H42O16. The minimum absolute atomic E-state index is 0.0361. The van der Waals surface area contributed by atoms with E-state index in [1.54, 1.807) is 30.3 Å². The van der Waals surface area contributed by atoms with Crippen LogP contribution in [0, 0.1) is 0 Å². The zero-order valence-corrected chi connectivity index (χ0v) is 29.4. The first kappa shape index (κ1) is 38.3. The van der Waals surface area contributed by atoms with E-state index in [4.69, 9.17) is 18.9 Å². The maximum atomic E-state index is 12.2. The fourth-order valence-corrected chi connectivity index (χ4v) is 8.47. The molecule has 4 aromatic carbocycles. The molecule has 2 saturated heterocycles. The summed E-state index contributed by atoms with van der Waals surface area (Å²) in [5, 5.41) is 128. The van der Waals surface area contributed by atoms with Gasteiger partial charge in [-0.2, -0.15) is 0 Å². The van der Waals surface area contributed by atoms with Crippen molar-refractivity contribution >= 4 is 0 Å². The molecule has 0 spiro atoms. The summed E-state index contributed by atoms with van der Waals surface area (Å²) in [4.78, 5) is 0. The number of aliphatic hydroxyl groups is 9. The lowest BCUT2D eigenvalue weighted by Gasteiger charge is -2.40. The standard InChI is InChI=1S/C40H42O16/c41-13-25-32(47)34(49)36(51)39(55-25)17-9-21-28(23(45)10-17)27(15-1-5-18(43)6-2-15)31(46)22-11-19(44)12-24-29(22)30(21)38(54-24)16-3-7-20(8-4-16)53-40-37(52)35(50)33(48)26(14-42)56-40/h1-12,25-27,30-52H,13-14H2/t25-,26-,27-,30-,31-,32-,33-,34+,35+,36-,37-,38+,39+,40-/m1/s1. The van der Waals surface area contributed by atoms with Crippen molar-refractivity contribution in [2.75, 3.05) is 13.2 Å². The van der Waals surface area contributed by atoms with Gasteiger partial charge in [0.2, 0.25) is 6.29 Å². The lowest BCUT2D eigenvalue weighted by atomic mass is 9.78. The highest BCUT2D eigenvalue weighted by Gasteiger charge is 2.49. The molecule has 2 fully saturated rings. The zero-order chi connectivity index (χ0) is 39.7. The third-order valence-corrected chi connectivity index (χ3v) is 11.3. The maximum Gasteiger partial charge on any atom is 0.229 e. The number of hydrogen-bond acceptors (Lipinski definition) is 16. The lowest BCUT2D eigenvalue weighted by Crippen LogP contribution is -2.60. The van der Waals surface area contributed by atoms with Gasteiger partial charge in [0.05, 0.1) is 25.2 Å². The number of fused-ring (bicyclic) bond motifs is 2. The van der Waals surface area contributed by atoms with Gasteiger partial charge in [-0.3, -0.25) is 0 Å². The van der Waals surface area contributed by atoms with Crippen LogP contribution < -0.4 is 9.47 Å². The highest BCUT2D eigenvalue weighted by Crippen LogP contribution is 2.60. The molecule has 3 heterocycles. The second-order valence-corrected chi connectivity index (χ2v) is 14.7. The number of benzene rings is 4. The Hall–Kier alpha value is -4.56. The number of ether oxygens (including phenoxy) is 4. The van der Waals surface area contributed by atoms with Crippen molar-refractivity contribution in [1.29, 1.82) is 0 Å². The Kier molecular flexibility index (Phi) is 10.1. The lowest BCUT2D eigenvalue weighted by molar-refractivity contribution is -0.277. The van der Waals surface area contributed by atoms with Crippen molar-refractivity contribution in [3.63, 3.8) is 0 Å². The maximum absolute atomic E-state index is 12.2. The van der Waals surface area contributed by atoms with Crippen LogP contribution in [0.15, 0.2) is 72.8 Å². The van der Waals surface area contributed by atoms with E-state index < -0.39 is 98.5 Å². The molecule has 0 aromatic heterocycles. The molecule has 0 radical (unpaired) electrons. The number of phenols is 3. The summed E-state index contributed by atoms with van der Waals surface area (Å²) in [5.41, 5.74) is 2.64. The van der Waals surface area contributed by atoms with Crippen LogP contribution in [0.2, 0.25) is 0 Å². The second-order valence-electron chi connectivity index (χ2n) is 14.7. The van der Waals surface area contributed by atoms with Crippen LogP contribution in [-0.4, -0.2) is 130 Å². The van der Waals surface area contributed by atoms with Crippen LogP contribution >= 0.6 is 0 Å². The Balaban J connectivity index is 1.25. The SMILES string of the molecule is OC[C@H]1O[C@@H](c2cc(O)c3c(c2)[C@@H]2c4c(cc(O)cc4[C@@H](O)[C@@H]3c3ccc(O)cc3)O[C@H]2c2ccc(O[C@@H]3O[C@H](CO)[C@@H](O)[C@H](O)[C@H]3O)cc2)[C@H](O)[C@@H](O)[C@@H]1O. The Morgan fingerprint density at radius 2 is 1.14 bits per heavy atom. The van der Waals surface area contributed by atoms with Gasteiger partial charge in [-0.05, 0) is 64.2 Å². The van der Waals surface area contributed by atoms with E-state index in [-0.39, 0.29) is 45.4 Å². The monoisotopic (exact) mass is 778 g/mol. The minimum Gasteiger partial charge on any atom is -0.508 e. The van der Waals surface area contributed by atoms with Crippen LogP contribution in [0.3, 0.4) is 0 Å². The second kappa shape index (κ2) is 14.7. The summed E-state index contributed by atoms with van der Waals surface area (Å²) in [7, 11) is 0. The number of phenolic OH excluding ortho intramolecular Hbond substituents is 3. The molecule has 14 atom stereocenters. The van der Waals surface area contributed by atoms with Crippen LogP contribution in [0.25, 0.3) is 0 Å². The Bertz CT molecular complexity index is 2060. The molecule has 56 heavy (non-hydrogen) atoms. The predicted octanol–water partition coefficient (Wildman–Crippen LogP) is -0.0585. The zero-order valence-electron chi connectivity index (χ0n) is 29.4. The molecule has 4 aliphatic rings. The molecular weight excluding hydrogens is 736 g/mol. The topological polar surface area (TPSA) is 280 Å². The van der Waals surface area contributed by atoms with Crippen LogP contribution in [-0.2, 0) is 9.47 Å². The van der Waals surface area contributed by atoms with E-state index in [2.05, 4.69) is 0 Å². The number of aromatic hydroxyl groups is 3. The molecule has 4 aromatic rings. The van der Waals surface area contributed by atoms with Crippen molar-refractivity contribution in [2.24, 2.45) is 0 Å². The van der Waals surface area contributed by atoms with E-state index in [1.807, 2.05) is 0 Å².